The molecule has 1 amide bonds. The van der Waals surface area contributed by atoms with E-state index in [0.29, 0.717) is 24.4 Å². The van der Waals surface area contributed by atoms with E-state index in [1.165, 1.54) is 11.3 Å². The van der Waals surface area contributed by atoms with E-state index in [1.54, 1.807) is 10.8 Å². The number of rotatable bonds is 2. The van der Waals surface area contributed by atoms with Crippen LogP contribution in [0, 0.1) is 12.8 Å². The van der Waals surface area contributed by atoms with E-state index in [0.717, 1.165) is 27.1 Å². The molecule has 8 nitrogen and oxygen atoms in total. The third kappa shape index (κ3) is 2.57. The second-order valence-corrected chi connectivity index (χ2v) is 8.72. The van der Waals surface area contributed by atoms with Crippen LogP contribution in [0.3, 0.4) is 0 Å². The fourth-order valence-corrected chi connectivity index (χ4v) is 4.93. The minimum atomic E-state index is -0.212. The summed E-state index contributed by atoms with van der Waals surface area (Å²) in [6, 6.07) is 5.63. The van der Waals surface area contributed by atoms with Crippen molar-refractivity contribution in [2.24, 2.45) is 5.92 Å². The number of H-pyrrole nitrogens is 2. The van der Waals surface area contributed by atoms with Crippen LogP contribution >= 0.6 is 11.3 Å². The molecule has 5 heterocycles. The maximum absolute atomic E-state index is 13.0. The number of hydrogen-bond acceptors (Lipinski definition) is 5. The summed E-state index contributed by atoms with van der Waals surface area (Å²) < 4.78 is 1.77. The first-order chi connectivity index (χ1) is 13.5. The van der Waals surface area contributed by atoms with Crippen molar-refractivity contribution in [3.05, 3.63) is 44.6 Å². The molecule has 2 N–H and O–H groups in total. The number of aromatic amines is 2. The van der Waals surface area contributed by atoms with Crippen molar-refractivity contribution in [2.75, 3.05) is 13.1 Å². The number of piperidine rings is 1. The van der Waals surface area contributed by atoms with Crippen molar-refractivity contribution in [1.82, 2.24) is 29.6 Å². The van der Waals surface area contributed by atoms with E-state index in [-0.39, 0.29) is 23.6 Å². The van der Waals surface area contributed by atoms with Crippen molar-refractivity contribution in [3.63, 3.8) is 0 Å². The number of amides is 1. The standard InChI is InChI=1S/C19H20N6O2S/c1-10-6-8-24(18(26)14-4-3-11(2)28-14)9-13(10)25-15-12-5-7-20-16(12)22-23-17(15)21-19(25)27/h3-5,7,10,13H,6,8-9H2,1-2H3,(H,20,22)(H,21,23,27)/t10-,13+/m1/s1. The Hall–Kier alpha value is -2.94. The first-order valence-electron chi connectivity index (χ1n) is 9.32. The fourth-order valence-electron chi connectivity index (χ4n) is 4.09. The molecule has 4 aromatic heterocycles. The number of imidazole rings is 1. The Bertz CT molecular complexity index is 1250. The van der Waals surface area contributed by atoms with E-state index < -0.39 is 0 Å². The molecular weight excluding hydrogens is 376 g/mol. The first kappa shape index (κ1) is 17.2. The Balaban J connectivity index is 1.58. The molecule has 144 valence electrons. The van der Waals surface area contributed by atoms with E-state index in [1.807, 2.05) is 30.0 Å². The van der Waals surface area contributed by atoms with Gasteiger partial charge in [-0.3, -0.25) is 14.3 Å². The van der Waals surface area contributed by atoms with E-state index in [2.05, 4.69) is 27.1 Å². The second-order valence-electron chi connectivity index (χ2n) is 7.43. The number of carbonyl (C=O) groups is 1. The van der Waals surface area contributed by atoms with Gasteiger partial charge in [0, 0.05) is 29.5 Å². The van der Waals surface area contributed by atoms with Gasteiger partial charge in [0.15, 0.2) is 11.3 Å². The zero-order valence-corrected chi connectivity index (χ0v) is 16.4. The second kappa shape index (κ2) is 6.30. The third-order valence-corrected chi connectivity index (χ3v) is 6.62. The predicted octanol–water partition coefficient (Wildman–Crippen LogP) is 2.69. The SMILES string of the molecule is Cc1ccc(C(=O)N2CC[C@@H](C)[C@@H](n3c(=O)[nH]c4nnc5[nH]ccc5c43)C2)s1. The lowest BCUT2D eigenvalue weighted by Crippen LogP contribution is -2.45. The molecule has 28 heavy (non-hydrogen) atoms. The number of fused-ring (bicyclic) bond motifs is 3. The molecule has 5 rings (SSSR count). The van der Waals surface area contributed by atoms with Gasteiger partial charge >= 0.3 is 5.69 Å². The topological polar surface area (TPSA) is 99.7 Å². The number of nitrogens with zero attached hydrogens (tertiary/aromatic N) is 4. The molecule has 0 aliphatic carbocycles. The molecule has 9 heteroatoms. The zero-order chi connectivity index (χ0) is 19.4. The van der Waals surface area contributed by atoms with Crippen LogP contribution in [0.25, 0.3) is 22.2 Å². The highest BCUT2D eigenvalue weighted by molar-refractivity contribution is 7.13. The van der Waals surface area contributed by atoms with Crippen LogP contribution in [-0.2, 0) is 0 Å². The van der Waals surface area contributed by atoms with Gasteiger partial charge in [0.25, 0.3) is 5.91 Å². The van der Waals surface area contributed by atoms with E-state index in [9.17, 15) is 9.59 Å². The Labute approximate surface area is 164 Å². The van der Waals surface area contributed by atoms with Gasteiger partial charge in [0.1, 0.15) is 5.52 Å². The lowest BCUT2D eigenvalue weighted by molar-refractivity contribution is 0.0627. The molecule has 1 fully saturated rings. The van der Waals surface area contributed by atoms with Crippen molar-refractivity contribution in [1.29, 1.82) is 0 Å². The lowest BCUT2D eigenvalue weighted by atomic mass is 9.93. The Morgan fingerprint density at radius 1 is 1.25 bits per heavy atom. The number of nitrogens with one attached hydrogen (secondary N) is 2. The maximum Gasteiger partial charge on any atom is 0.328 e. The van der Waals surface area contributed by atoms with Gasteiger partial charge in [-0.2, -0.15) is 0 Å². The molecule has 1 saturated heterocycles. The Kier molecular flexibility index (Phi) is 3.87. The number of likely N-dealkylation sites (tertiary alicyclic amines) is 1. The molecule has 1 aliphatic heterocycles. The summed E-state index contributed by atoms with van der Waals surface area (Å²) in [7, 11) is 0. The van der Waals surface area contributed by atoms with Gasteiger partial charge in [-0.1, -0.05) is 6.92 Å². The summed E-state index contributed by atoms with van der Waals surface area (Å²) in [5.41, 5.74) is 1.65. The highest BCUT2D eigenvalue weighted by Crippen LogP contribution is 2.32. The van der Waals surface area contributed by atoms with Crippen LogP contribution in [0.15, 0.2) is 29.2 Å². The van der Waals surface area contributed by atoms with Gasteiger partial charge in [0.05, 0.1) is 10.9 Å². The molecule has 0 aromatic carbocycles. The first-order valence-corrected chi connectivity index (χ1v) is 10.1. The minimum absolute atomic E-state index is 0.0365. The number of aromatic nitrogens is 5. The van der Waals surface area contributed by atoms with Crippen LogP contribution in [0.2, 0.25) is 0 Å². The van der Waals surface area contributed by atoms with Crippen LogP contribution in [0.4, 0.5) is 0 Å². The molecule has 0 radical (unpaired) electrons. The third-order valence-electron chi connectivity index (χ3n) is 5.63. The smallest absolute Gasteiger partial charge is 0.328 e. The molecule has 4 aromatic rings. The average molecular weight is 396 g/mol. The van der Waals surface area contributed by atoms with Gasteiger partial charge in [-0.15, -0.1) is 21.5 Å². The monoisotopic (exact) mass is 396 g/mol. The van der Waals surface area contributed by atoms with Crippen molar-refractivity contribution >= 4 is 39.4 Å². The summed E-state index contributed by atoms with van der Waals surface area (Å²) in [4.78, 5) is 35.4. The maximum atomic E-state index is 13.0. The highest BCUT2D eigenvalue weighted by atomic mass is 32.1. The summed E-state index contributed by atoms with van der Waals surface area (Å²) in [5.74, 6) is 0.294. The molecular formula is C19H20N6O2S. The number of hydrogen-bond donors (Lipinski definition) is 2. The van der Waals surface area contributed by atoms with Crippen molar-refractivity contribution in [2.45, 2.75) is 26.3 Å². The highest BCUT2D eigenvalue weighted by Gasteiger charge is 2.33. The zero-order valence-electron chi connectivity index (χ0n) is 15.6. The average Bonchev–Trinajstić information content (AvgIpc) is 3.39. The molecule has 1 aliphatic rings. The quantitative estimate of drug-likeness (QED) is 0.544. The van der Waals surface area contributed by atoms with E-state index in [4.69, 9.17) is 0 Å². The normalized spacial score (nSPS) is 20.3. The summed E-state index contributed by atoms with van der Waals surface area (Å²) >= 11 is 1.51. The van der Waals surface area contributed by atoms with Gasteiger partial charge in [-0.05, 0) is 37.5 Å². The van der Waals surface area contributed by atoms with Gasteiger partial charge in [-0.25, -0.2) is 4.79 Å². The predicted molar refractivity (Wildman–Crippen MR) is 108 cm³/mol. The fraction of sp³-hybridized carbons (Fsp3) is 0.368. The summed E-state index contributed by atoms with van der Waals surface area (Å²) in [6.45, 7) is 5.33. The number of aryl methyl sites for hydroxylation is 1. The van der Waals surface area contributed by atoms with Crippen LogP contribution in [0.1, 0.15) is 33.9 Å². The van der Waals surface area contributed by atoms with Crippen molar-refractivity contribution < 1.29 is 4.79 Å². The number of carbonyl (C=O) groups excluding carboxylic acids is 1. The molecule has 0 unspecified atom stereocenters. The van der Waals surface area contributed by atoms with E-state index >= 15 is 0 Å². The summed E-state index contributed by atoms with van der Waals surface area (Å²) in [6.07, 6.45) is 2.63. The van der Waals surface area contributed by atoms with Crippen molar-refractivity contribution in [3.8, 4) is 0 Å². The molecule has 2 atom stereocenters. The molecule has 0 spiro atoms. The largest absolute Gasteiger partial charge is 0.345 e. The minimum Gasteiger partial charge on any atom is -0.345 e. The summed E-state index contributed by atoms with van der Waals surface area (Å²) in [5, 5.41) is 9.13. The molecule has 0 bridgehead atoms. The van der Waals surface area contributed by atoms with Gasteiger partial charge < -0.3 is 9.88 Å². The lowest BCUT2D eigenvalue weighted by Gasteiger charge is -2.37. The Morgan fingerprint density at radius 2 is 2.07 bits per heavy atom. The van der Waals surface area contributed by atoms with Gasteiger partial charge in [0.2, 0.25) is 0 Å². The van der Waals surface area contributed by atoms with Crippen LogP contribution < -0.4 is 5.69 Å². The molecule has 0 saturated carbocycles. The number of thiophene rings is 1. The van der Waals surface area contributed by atoms with Crippen LogP contribution in [-0.4, -0.2) is 48.6 Å². The van der Waals surface area contributed by atoms with Crippen LogP contribution in [0.5, 0.6) is 0 Å². The Morgan fingerprint density at radius 3 is 2.86 bits per heavy atom.